The molecule has 4 nitrogen and oxygen atoms in total. The molecule has 0 aliphatic heterocycles. The van der Waals surface area contributed by atoms with Crippen LogP contribution in [0.4, 0.5) is 13.2 Å². The fraction of sp³-hybridized carbons (Fsp3) is 0.190. The zero-order valence-electron chi connectivity index (χ0n) is 15.7. The highest BCUT2D eigenvalue weighted by atomic mass is 35.5. The third-order valence-corrected chi connectivity index (χ3v) is 4.47. The van der Waals surface area contributed by atoms with Crippen LogP contribution in [0.2, 0.25) is 5.02 Å². The van der Waals surface area contributed by atoms with Crippen LogP contribution in [-0.2, 0) is 17.6 Å². The monoisotopic (exact) mass is 425 g/mol. The number of allylic oxidation sites excluding steroid dienone is 1. The molecule has 0 aromatic heterocycles. The Kier molecular flexibility index (Phi) is 7.11. The number of alkyl halides is 3. The molecule has 0 heterocycles. The number of benzene rings is 2. The molecule has 0 fully saturated rings. The molecule has 8 heteroatoms. The summed E-state index contributed by atoms with van der Waals surface area (Å²) in [4.78, 5) is 12.3. The van der Waals surface area contributed by atoms with E-state index in [0.717, 1.165) is 12.1 Å². The predicted molar refractivity (Wildman–Crippen MR) is 106 cm³/mol. The maximum Gasteiger partial charge on any atom is 0.416 e. The van der Waals surface area contributed by atoms with Crippen LogP contribution in [0.3, 0.4) is 0 Å². The largest absolute Gasteiger partial charge is 0.496 e. The molecule has 2 aromatic rings. The van der Waals surface area contributed by atoms with Gasteiger partial charge >= 0.3 is 6.18 Å². The molecule has 0 bridgehead atoms. The fourth-order valence-corrected chi connectivity index (χ4v) is 2.95. The van der Waals surface area contributed by atoms with Crippen LogP contribution < -0.4 is 10.1 Å². The Balaban J connectivity index is 2.21. The predicted octanol–water partition coefficient (Wildman–Crippen LogP) is 5.05. The van der Waals surface area contributed by atoms with E-state index in [9.17, 15) is 23.1 Å². The molecule has 0 saturated carbocycles. The topological polar surface area (TPSA) is 58.6 Å². The normalized spacial score (nSPS) is 11.9. The Hall–Kier alpha value is -2.77. The van der Waals surface area contributed by atoms with Crippen LogP contribution in [0, 0.1) is 0 Å². The molecule has 2 aromatic carbocycles. The summed E-state index contributed by atoms with van der Waals surface area (Å²) in [5.41, 5.74) is 1.12. The molecule has 2 rings (SSSR count). The smallest absolute Gasteiger partial charge is 0.416 e. The highest BCUT2D eigenvalue weighted by molar-refractivity contribution is 6.32. The maximum atomic E-state index is 12.7. The lowest BCUT2D eigenvalue weighted by Crippen LogP contribution is -2.20. The van der Waals surface area contributed by atoms with E-state index in [4.69, 9.17) is 16.3 Å². The first-order valence-corrected chi connectivity index (χ1v) is 8.78. The quantitative estimate of drug-likeness (QED) is 0.637. The Bertz CT molecular complexity index is 951. The van der Waals surface area contributed by atoms with Crippen LogP contribution >= 0.6 is 11.6 Å². The van der Waals surface area contributed by atoms with Gasteiger partial charge in [0.15, 0.2) is 0 Å². The van der Waals surface area contributed by atoms with Gasteiger partial charge in [0.1, 0.15) is 5.75 Å². The van der Waals surface area contributed by atoms with Crippen molar-refractivity contribution in [2.24, 2.45) is 0 Å². The minimum atomic E-state index is -4.42. The van der Waals surface area contributed by atoms with E-state index in [-0.39, 0.29) is 23.1 Å². The number of hydrogen-bond donors (Lipinski definition) is 2. The van der Waals surface area contributed by atoms with Crippen LogP contribution in [0.15, 0.2) is 49.1 Å². The molecular weight excluding hydrogens is 407 g/mol. The number of aliphatic hydroxyl groups is 1. The molecule has 0 aliphatic carbocycles. The molecule has 1 amide bonds. The summed E-state index contributed by atoms with van der Waals surface area (Å²) in [7, 11) is 1.40. The lowest BCUT2D eigenvalue weighted by Gasteiger charge is -2.16. The number of aliphatic hydroxyl groups excluding tert-OH is 1. The van der Waals surface area contributed by atoms with Crippen LogP contribution in [0.25, 0.3) is 11.3 Å². The maximum absolute atomic E-state index is 12.7. The average Bonchev–Trinajstić information content (AvgIpc) is 2.66. The third-order valence-electron chi connectivity index (χ3n) is 4.15. The van der Waals surface area contributed by atoms with Crippen LogP contribution in [0.1, 0.15) is 29.2 Å². The van der Waals surface area contributed by atoms with E-state index < -0.39 is 17.6 Å². The van der Waals surface area contributed by atoms with Crippen molar-refractivity contribution in [1.82, 2.24) is 5.32 Å². The molecule has 154 valence electrons. The summed E-state index contributed by atoms with van der Waals surface area (Å²) in [6, 6.07) is 7.63. The van der Waals surface area contributed by atoms with E-state index >= 15 is 0 Å². The lowest BCUT2D eigenvalue weighted by molar-refractivity contribution is -0.137. The van der Waals surface area contributed by atoms with Crippen molar-refractivity contribution in [2.75, 3.05) is 7.11 Å². The van der Waals surface area contributed by atoms with Gasteiger partial charge < -0.3 is 15.2 Å². The van der Waals surface area contributed by atoms with E-state index in [2.05, 4.69) is 11.9 Å². The Morgan fingerprint density at radius 1 is 1.24 bits per heavy atom. The molecule has 0 saturated heterocycles. The standard InChI is InChI=1S/C21H19ClF3NO3/c1-12(14-4-7-16(8-5-14)21(23,24)25)10-18(28)26-13(2)19-17(22)9-6-15(11-27)20(19)29-3/h4-10,27H,2,11H2,1,3H3,(H,26,28)/b12-10+. The van der Waals surface area contributed by atoms with Gasteiger partial charge in [0, 0.05) is 17.3 Å². The van der Waals surface area contributed by atoms with E-state index in [1.54, 1.807) is 19.1 Å². The Morgan fingerprint density at radius 2 is 1.86 bits per heavy atom. The number of ether oxygens (including phenoxy) is 1. The first-order chi connectivity index (χ1) is 13.6. The van der Waals surface area contributed by atoms with E-state index in [0.29, 0.717) is 22.3 Å². The van der Waals surface area contributed by atoms with Crippen molar-refractivity contribution >= 4 is 28.8 Å². The molecular formula is C21H19ClF3NO3. The van der Waals surface area contributed by atoms with Gasteiger partial charge in [-0.25, -0.2) is 0 Å². The molecule has 2 N–H and O–H groups in total. The second kappa shape index (κ2) is 9.15. The lowest BCUT2D eigenvalue weighted by atomic mass is 10.0. The average molecular weight is 426 g/mol. The number of carbonyl (C=O) groups is 1. The summed E-state index contributed by atoms with van der Waals surface area (Å²) in [5, 5.41) is 12.3. The second-order valence-electron chi connectivity index (χ2n) is 6.14. The number of amides is 1. The van der Waals surface area contributed by atoms with Crippen LogP contribution in [0.5, 0.6) is 5.75 Å². The van der Waals surface area contributed by atoms with E-state index in [1.165, 1.54) is 25.3 Å². The third kappa shape index (κ3) is 5.40. The number of rotatable bonds is 6. The van der Waals surface area contributed by atoms with Crippen molar-refractivity contribution in [3.8, 4) is 5.75 Å². The Morgan fingerprint density at radius 3 is 2.38 bits per heavy atom. The van der Waals surface area contributed by atoms with E-state index in [1.807, 2.05) is 0 Å². The number of methoxy groups -OCH3 is 1. The second-order valence-corrected chi connectivity index (χ2v) is 6.55. The van der Waals surface area contributed by atoms with Crippen molar-refractivity contribution in [3.63, 3.8) is 0 Å². The highest BCUT2D eigenvalue weighted by Gasteiger charge is 2.30. The summed E-state index contributed by atoms with van der Waals surface area (Å²) >= 11 is 6.19. The van der Waals surface area contributed by atoms with Gasteiger partial charge in [-0.3, -0.25) is 4.79 Å². The van der Waals surface area contributed by atoms with Gasteiger partial charge in [-0.05, 0) is 36.3 Å². The minimum absolute atomic E-state index is 0.156. The van der Waals surface area contributed by atoms with Gasteiger partial charge in [0.2, 0.25) is 5.91 Å². The molecule has 29 heavy (non-hydrogen) atoms. The van der Waals surface area contributed by atoms with Crippen molar-refractivity contribution in [3.05, 3.63) is 76.3 Å². The number of halogens is 4. The first-order valence-electron chi connectivity index (χ1n) is 8.41. The summed E-state index contributed by atoms with van der Waals surface area (Å²) in [6.07, 6.45) is -3.18. The zero-order chi connectivity index (χ0) is 21.8. The minimum Gasteiger partial charge on any atom is -0.496 e. The summed E-state index contributed by atoms with van der Waals surface area (Å²) in [5.74, 6) is -0.256. The molecule has 0 spiro atoms. The van der Waals surface area contributed by atoms with Crippen LogP contribution in [-0.4, -0.2) is 18.1 Å². The molecule has 0 aliphatic rings. The molecule has 0 radical (unpaired) electrons. The van der Waals surface area contributed by atoms with Crippen molar-refractivity contribution in [2.45, 2.75) is 19.7 Å². The van der Waals surface area contributed by atoms with Gasteiger partial charge in [-0.1, -0.05) is 36.4 Å². The number of carbonyl (C=O) groups excluding carboxylic acids is 1. The highest BCUT2D eigenvalue weighted by Crippen LogP contribution is 2.34. The number of nitrogens with one attached hydrogen (secondary N) is 1. The van der Waals surface area contributed by atoms with Gasteiger partial charge in [0.05, 0.1) is 29.9 Å². The molecule has 0 unspecified atom stereocenters. The zero-order valence-corrected chi connectivity index (χ0v) is 16.5. The fourth-order valence-electron chi connectivity index (χ4n) is 2.69. The summed E-state index contributed by atoms with van der Waals surface area (Å²) < 4.78 is 43.3. The van der Waals surface area contributed by atoms with Gasteiger partial charge in [-0.15, -0.1) is 0 Å². The van der Waals surface area contributed by atoms with Crippen molar-refractivity contribution in [1.29, 1.82) is 0 Å². The Labute approximate surface area is 171 Å². The molecule has 0 atom stereocenters. The van der Waals surface area contributed by atoms with Gasteiger partial charge in [0.25, 0.3) is 0 Å². The summed E-state index contributed by atoms with van der Waals surface area (Å²) in [6.45, 7) is 5.11. The first kappa shape index (κ1) is 22.5. The number of hydrogen-bond acceptors (Lipinski definition) is 3. The van der Waals surface area contributed by atoms with Crippen molar-refractivity contribution < 1.29 is 27.8 Å². The SMILES string of the molecule is C=C(NC(=O)/C=C(\C)c1ccc(C(F)(F)F)cc1)c1c(Cl)ccc(CO)c1OC. The van der Waals surface area contributed by atoms with Gasteiger partial charge in [-0.2, -0.15) is 13.2 Å².